The van der Waals surface area contributed by atoms with E-state index >= 15 is 0 Å². The highest BCUT2D eigenvalue weighted by Gasteiger charge is 2.33. The van der Waals surface area contributed by atoms with Gasteiger partial charge in [-0.25, -0.2) is 0 Å². The lowest BCUT2D eigenvalue weighted by atomic mass is 9.90. The number of carbonyl (C=O) groups excluding carboxylic acids is 2. The molecule has 140 valence electrons. The van der Waals surface area contributed by atoms with Crippen molar-refractivity contribution in [3.8, 4) is 0 Å². The van der Waals surface area contributed by atoms with E-state index in [0.717, 1.165) is 12.0 Å². The summed E-state index contributed by atoms with van der Waals surface area (Å²) in [6.07, 6.45) is 0.401. The predicted octanol–water partition coefficient (Wildman–Crippen LogP) is 1.22. The number of aliphatic carboxylic acids is 1. The molecule has 0 unspecified atom stereocenters. The average molecular weight is 360 g/mol. The Bertz CT molecular complexity index is 705. The molecular weight excluding hydrogens is 336 g/mol. The van der Waals surface area contributed by atoms with Crippen LogP contribution in [0.25, 0.3) is 0 Å². The highest BCUT2D eigenvalue weighted by molar-refractivity contribution is 5.80. The number of ether oxygens (including phenoxy) is 1. The third-order valence-electron chi connectivity index (χ3n) is 5.08. The standard InChI is InChI=1S/C19H24N2O5/c1-13(22)21-7-6-14-4-2-3-5-16(14)17(21)11-18(23)20-8-9-26-15(12-20)10-19(24)25/h2-5,15,17H,6-12H2,1H3,(H,24,25)/t15-,17+/m0/s1. The van der Waals surface area contributed by atoms with Crippen LogP contribution in [0.3, 0.4) is 0 Å². The number of nitrogens with zero attached hydrogens (tertiary/aromatic N) is 2. The van der Waals surface area contributed by atoms with Crippen LogP contribution >= 0.6 is 0 Å². The Hall–Kier alpha value is -2.41. The van der Waals surface area contributed by atoms with Gasteiger partial charge < -0.3 is 19.6 Å². The Balaban J connectivity index is 1.74. The molecule has 7 nitrogen and oxygen atoms in total. The first-order valence-corrected chi connectivity index (χ1v) is 8.92. The summed E-state index contributed by atoms with van der Waals surface area (Å²) >= 11 is 0. The predicted molar refractivity (Wildman–Crippen MR) is 93.5 cm³/mol. The van der Waals surface area contributed by atoms with Crippen molar-refractivity contribution in [2.24, 2.45) is 0 Å². The zero-order valence-corrected chi connectivity index (χ0v) is 14.9. The minimum absolute atomic E-state index is 0.0389. The summed E-state index contributed by atoms with van der Waals surface area (Å²) in [5.41, 5.74) is 2.20. The van der Waals surface area contributed by atoms with Gasteiger partial charge in [-0.15, -0.1) is 0 Å². The van der Waals surface area contributed by atoms with Gasteiger partial charge in [0.2, 0.25) is 11.8 Å². The Morgan fingerprint density at radius 1 is 1.19 bits per heavy atom. The summed E-state index contributed by atoms with van der Waals surface area (Å²) < 4.78 is 5.44. The zero-order valence-electron chi connectivity index (χ0n) is 14.9. The molecule has 7 heteroatoms. The fourth-order valence-electron chi connectivity index (χ4n) is 3.81. The number of carbonyl (C=O) groups is 3. The van der Waals surface area contributed by atoms with Crippen LogP contribution in [0.2, 0.25) is 0 Å². The second kappa shape index (κ2) is 7.86. The molecule has 1 N–H and O–H groups in total. The highest BCUT2D eigenvalue weighted by atomic mass is 16.5. The van der Waals surface area contributed by atoms with Crippen molar-refractivity contribution in [3.05, 3.63) is 35.4 Å². The molecule has 1 aromatic rings. The van der Waals surface area contributed by atoms with Gasteiger partial charge in [-0.2, -0.15) is 0 Å². The molecule has 2 aliphatic rings. The zero-order chi connectivity index (χ0) is 18.7. The van der Waals surface area contributed by atoms with Crippen molar-refractivity contribution in [3.63, 3.8) is 0 Å². The smallest absolute Gasteiger partial charge is 0.306 e. The first kappa shape index (κ1) is 18.4. The van der Waals surface area contributed by atoms with Gasteiger partial charge in [0.05, 0.1) is 31.6 Å². The molecule has 1 saturated heterocycles. The minimum atomic E-state index is -0.937. The summed E-state index contributed by atoms with van der Waals surface area (Å²) in [4.78, 5) is 39.2. The molecule has 0 spiro atoms. The largest absolute Gasteiger partial charge is 0.481 e. The number of carboxylic acids is 1. The summed E-state index contributed by atoms with van der Waals surface area (Å²) in [7, 11) is 0. The van der Waals surface area contributed by atoms with Gasteiger partial charge in [-0.05, 0) is 17.5 Å². The van der Waals surface area contributed by atoms with Crippen LogP contribution in [0.15, 0.2) is 24.3 Å². The Labute approximate surface area is 152 Å². The summed E-state index contributed by atoms with van der Waals surface area (Å²) in [5.74, 6) is -1.05. The lowest BCUT2D eigenvalue weighted by Crippen LogP contribution is -2.48. The minimum Gasteiger partial charge on any atom is -0.481 e. The maximum absolute atomic E-state index is 12.9. The van der Waals surface area contributed by atoms with Crippen molar-refractivity contribution in [2.45, 2.75) is 38.3 Å². The van der Waals surface area contributed by atoms with Gasteiger partial charge >= 0.3 is 5.97 Å². The molecule has 0 aromatic heterocycles. The number of hydrogen-bond acceptors (Lipinski definition) is 4. The van der Waals surface area contributed by atoms with Crippen molar-refractivity contribution in [1.29, 1.82) is 0 Å². The van der Waals surface area contributed by atoms with E-state index in [2.05, 4.69) is 0 Å². The molecule has 2 aliphatic heterocycles. The highest BCUT2D eigenvalue weighted by Crippen LogP contribution is 2.33. The van der Waals surface area contributed by atoms with E-state index in [1.807, 2.05) is 24.3 Å². The van der Waals surface area contributed by atoms with E-state index in [1.54, 1.807) is 9.80 Å². The Morgan fingerprint density at radius 2 is 1.96 bits per heavy atom. The molecule has 0 saturated carbocycles. The Morgan fingerprint density at radius 3 is 2.69 bits per heavy atom. The molecule has 0 radical (unpaired) electrons. The van der Waals surface area contributed by atoms with Crippen LogP contribution < -0.4 is 0 Å². The second-order valence-corrected chi connectivity index (χ2v) is 6.81. The fraction of sp³-hybridized carbons (Fsp3) is 0.526. The van der Waals surface area contributed by atoms with Gasteiger partial charge in [-0.1, -0.05) is 24.3 Å². The number of hydrogen-bond donors (Lipinski definition) is 1. The number of benzene rings is 1. The molecule has 1 fully saturated rings. The van der Waals surface area contributed by atoms with Crippen molar-refractivity contribution in [1.82, 2.24) is 9.80 Å². The molecule has 2 heterocycles. The number of fused-ring (bicyclic) bond motifs is 1. The topological polar surface area (TPSA) is 87.2 Å². The second-order valence-electron chi connectivity index (χ2n) is 6.81. The van der Waals surface area contributed by atoms with Crippen molar-refractivity contribution in [2.75, 3.05) is 26.2 Å². The van der Waals surface area contributed by atoms with Gasteiger partial charge in [0.1, 0.15) is 0 Å². The number of carboxylic acid groups (broad SMARTS) is 1. The Kier molecular flexibility index (Phi) is 5.56. The van der Waals surface area contributed by atoms with E-state index in [1.165, 1.54) is 12.5 Å². The van der Waals surface area contributed by atoms with Crippen LogP contribution in [0.4, 0.5) is 0 Å². The summed E-state index contributed by atoms with van der Waals surface area (Å²) in [6, 6.07) is 7.65. The first-order valence-electron chi connectivity index (χ1n) is 8.92. The molecule has 0 bridgehead atoms. The molecule has 26 heavy (non-hydrogen) atoms. The van der Waals surface area contributed by atoms with Gasteiger partial charge in [-0.3, -0.25) is 14.4 Å². The number of amides is 2. The first-order chi connectivity index (χ1) is 12.5. The maximum Gasteiger partial charge on any atom is 0.306 e. The van der Waals surface area contributed by atoms with E-state index in [4.69, 9.17) is 9.84 Å². The van der Waals surface area contributed by atoms with E-state index in [9.17, 15) is 14.4 Å². The molecule has 0 aliphatic carbocycles. The molecule has 2 atom stereocenters. The van der Waals surface area contributed by atoms with Crippen LogP contribution in [0.5, 0.6) is 0 Å². The number of morpholine rings is 1. The quantitative estimate of drug-likeness (QED) is 0.872. The lowest BCUT2D eigenvalue weighted by molar-refractivity contribution is -0.149. The fourth-order valence-corrected chi connectivity index (χ4v) is 3.81. The van der Waals surface area contributed by atoms with E-state index < -0.39 is 12.1 Å². The third-order valence-corrected chi connectivity index (χ3v) is 5.08. The third kappa shape index (κ3) is 4.04. The van der Waals surface area contributed by atoms with Crippen molar-refractivity contribution >= 4 is 17.8 Å². The van der Waals surface area contributed by atoms with Crippen LogP contribution in [0, 0.1) is 0 Å². The van der Waals surface area contributed by atoms with Gasteiger partial charge in [0.15, 0.2) is 0 Å². The van der Waals surface area contributed by atoms with Crippen LogP contribution in [-0.2, 0) is 25.5 Å². The number of rotatable bonds is 4. The van der Waals surface area contributed by atoms with Crippen molar-refractivity contribution < 1.29 is 24.2 Å². The van der Waals surface area contributed by atoms with Gasteiger partial charge in [0.25, 0.3) is 0 Å². The SMILES string of the molecule is CC(=O)N1CCc2ccccc2[C@H]1CC(=O)N1CCO[C@@H](CC(=O)O)C1. The monoisotopic (exact) mass is 360 g/mol. The average Bonchev–Trinajstić information content (AvgIpc) is 2.61. The molecule has 1 aromatic carbocycles. The summed E-state index contributed by atoms with van der Waals surface area (Å²) in [6.45, 7) is 3.20. The van der Waals surface area contributed by atoms with Crippen LogP contribution in [0.1, 0.15) is 36.9 Å². The maximum atomic E-state index is 12.9. The molecular formula is C19H24N2O5. The normalized spacial score (nSPS) is 22.7. The molecule has 2 amide bonds. The van der Waals surface area contributed by atoms with Crippen LogP contribution in [-0.4, -0.2) is 65.0 Å². The van der Waals surface area contributed by atoms with E-state index in [-0.39, 0.29) is 37.2 Å². The van der Waals surface area contributed by atoms with E-state index in [0.29, 0.717) is 19.7 Å². The molecule has 3 rings (SSSR count). The van der Waals surface area contributed by atoms with Gasteiger partial charge in [0, 0.05) is 26.6 Å². The lowest BCUT2D eigenvalue weighted by Gasteiger charge is -2.38. The summed E-state index contributed by atoms with van der Waals surface area (Å²) in [5, 5.41) is 8.93.